The minimum absolute atomic E-state index is 0.0519. The SMILES string of the molecule is CCCCOc1cccc(/C(O)=C2\C(=O)C(=O)N(CCc3ccccc3)C2c2cccc(Cl)c2)c1. The summed E-state index contributed by atoms with van der Waals surface area (Å²) in [5, 5.41) is 11.8. The summed E-state index contributed by atoms with van der Waals surface area (Å²) in [5.74, 6) is -0.975. The summed E-state index contributed by atoms with van der Waals surface area (Å²) in [5.41, 5.74) is 2.20. The number of aliphatic hydroxyl groups is 1. The molecular weight excluding hydrogens is 462 g/mol. The summed E-state index contributed by atoms with van der Waals surface area (Å²) in [6.07, 6.45) is 2.49. The quantitative estimate of drug-likeness (QED) is 0.168. The van der Waals surface area contributed by atoms with Crippen LogP contribution < -0.4 is 4.74 Å². The van der Waals surface area contributed by atoms with E-state index >= 15 is 0 Å². The van der Waals surface area contributed by atoms with Gasteiger partial charge in [-0.1, -0.05) is 79.5 Å². The average Bonchev–Trinajstić information content (AvgIpc) is 3.13. The molecule has 5 nitrogen and oxygen atoms in total. The molecule has 0 bridgehead atoms. The summed E-state index contributed by atoms with van der Waals surface area (Å²) in [7, 11) is 0. The molecule has 3 aromatic rings. The number of amides is 1. The number of unbranched alkanes of at least 4 members (excludes halogenated alkanes) is 1. The van der Waals surface area contributed by atoms with Crippen LogP contribution in [-0.4, -0.2) is 34.8 Å². The second kappa shape index (κ2) is 11.2. The van der Waals surface area contributed by atoms with E-state index in [9.17, 15) is 14.7 Å². The zero-order valence-electron chi connectivity index (χ0n) is 19.6. The Kier molecular flexibility index (Phi) is 7.88. The van der Waals surface area contributed by atoms with Gasteiger partial charge in [0.25, 0.3) is 11.7 Å². The number of aliphatic hydroxyl groups excluding tert-OH is 1. The van der Waals surface area contributed by atoms with Crippen LogP contribution in [0.15, 0.2) is 84.4 Å². The molecule has 3 aromatic carbocycles. The lowest BCUT2D eigenvalue weighted by Crippen LogP contribution is -2.31. The highest BCUT2D eigenvalue weighted by molar-refractivity contribution is 6.46. The number of carbonyl (C=O) groups is 2. The number of benzene rings is 3. The van der Waals surface area contributed by atoms with Crippen molar-refractivity contribution in [3.8, 4) is 5.75 Å². The summed E-state index contributed by atoms with van der Waals surface area (Å²) in [4.78, 5) is 27.9. The first-order valence-corrected chi connectivity index (χ1v) is 12.2. The van der Waals surface area contributed by atoms with E-state index in [1.807, 2.05) is 36.4 Å². The molecule has 1 atom stereocenters. The summed E-state index contributed by atoms with van der Waals surface area (Å²) in [6.45, 7) is 2.97. The van der Waals surface area contributed by atoms with E-state index in [4.69, 9.17) is 16.3 Å². The molecule has 1 unspecified atom stereocenters. The maximum atomic E-state index is 13.2. The Hall–Kier alpha value is -3.57. The first kappa shape index (κ1) is 24.6. The number of rotatable bonds is 9. The van der Waals surface area contributed by atoms with Crippen LogP contribution in [0, 0.1) is 0 Å². The Labute approximate surface area is 210 Å². The highest BCUT2D eigenvalue weighted by Gasteiger charge is 2.45. The molecule has 4 rings (SSSR count). The predicted molar refractivity (Wildman–Crippen MR) is 137 cm³/mol. The fourth-order valence-electron chi connectivity index (χ4n) is 4.25. The van der Waals surface area contributed by atoms with E-state index in [1.54, 1.807) is 42.5 Å². The third kappa shape index (κ3) is 5.57. The van der Waals surface area contributed by atoms with Gasteiger partial charge in [-0.3, -0.25) is 9.59 Å². The highest BCUT2D eigenvalue weighted by Crippen LogP contribution is 2.40. The van der Waals surface area contributed by atoms with Crippen LogP contribution in [0.25, 0.3) is 5.76 Å². The Balaban J connectivity index is 1.74. The number of ketones is 1. The molecule has 1 aliphatic rings. The van der Waals surface area contributed by atoms with Crippen LogP contribution in [0.4, 0.5) is 0 Å². The van der Waals surface area contributed by atoms with Crippen molar-refractivity contribution < 1.29 is 19.4 Å². The largest absolute Gasteiger partial charge is 0.507 e. The monoisotopic (exact) mass is 489 g/mol. The number of halogens is 1. The lowest BCUT2D eigenvalue weighted by molar-refractivity contribution is -0.139. The molecule has 0 aromatic heterocycles. The number of likely N-dealkylation sites (tertiary alicyclic amines) is 1. The molecule has 35 heavy (non-hydrogen) atoms. The fourth-order valence-corrected chi connectivity index (χ4v) is 4.45. The van der Waals surface area contributed by atoms with Crippen LogP contribution in [0.3, 0.4) is 0 Å². The lowest BCUT2D eigenvalue weighted by atomic mass is 9.95. The highest BCUT2D eigenvalue weighted by atomic mass is 35.5. The number of carbonyl (C=O) groups excluding carboxylic acids is 2. The molecule has 6 heteroatoms. The molecule has 180 valence electrons. The molecule has 0 aliphatic carbocycles. The second-order valence-electron chi connectivity index (χ2n) is 8.51. The van der Waals surface area contributed by atoms with Crippen molar-refractivity contribution in [2.45, 2.75) is 32.2 Å². The number of hydrogen-bond donors (Lipinski definition) is 1. The standard InChI is InChI=1S/C29H28ClNO4/c1-2-3-17-35-24-14-8-12-22(19-24)27(32)25-26(21-11-7-13-23(30)18-21)31(29(34)28(25)33)16-15-20-9-5-4-6-10-20/h4-14,18-19,26,32H,2-3,15-17H2,1H3/b27-25+. The number of nitrogens with zero attached hydrogens (tertiary/aromatic N) is 1. The maximum absolute atomic E-state index is 13.2. The third-order valence-corrected chi connectivity index (χ3v) is 6.30. The van der Waals surface area contributed by atoms with Gasteiger partial charge in [-0.15, -0.1) is 0 Å². The van der Waals surface area contributed by atoms with Crippen LogP contribution in [0.5, 0.6) is 5.75 Å². The van der Waals surface area contributed by atoms with Crippen LogP contribution in [0.2, 0.25) is 5.02 Å². The van der Waals surface area contributed by atoms with Crippen molar-refractivity contribution in [2.75, 3.05) is 13.2 Å². The maximum Gasteiger partial charge on any atom is 0.295 e. The van der Waals surface area contributed by atoms with Crippen molar-refractivity contribution in [2.24, 2.45) is 0 Å². The fraction of sp³-hybridized carbons (Fsp3) is 0.241. The Morgan fingerprint density at radius 2 is 1.77 bits per heavy atom. The van der Waals surface area contributed by atoms with Gasteiger partial charge in [-0.25, -0.2) is 0 Å². The molecule has 0 radical (unpaired) electrons. The average molecular weight is 490 g/mol. The van der Waals surface area contributed by atoms with E-state index in [-0.39, 0.29) is 11.3 Å². The normalized spacial score (nSPS) is 17.1. The predicted octanol–water partition coefficient (Wildman–Crippen LogP) is 6.18. The number of Topliss-reactive ketones (excluding diaryl/α,β-unsaturated/α-hetero) is 1. The van der Waals surface area contributed by atoms with Crippen LogP contribution >= 0.6 is 11.6 Å². The van der Waals surface area contributed by atoms with Gasteiger partial charge in [-0.05, 0) is 48.2 Å². The molecule has 1 aliphatic heterocycles. The number of ether oxygens (including phenoxy) is 1. The van der Waals surface area contributed by atoms with Crippen molar-refractivity contribution in [1.82, 2.24) is 4.90 Å². The first-order valence-electron chi connectivity index (χ1n) is 11.8. The molecule has 0 spiro atoms. The van der Waals surface area contributed by atoms with E-state index < -0.39 is 17.7 Å². The minimum atomic E-state index is -0.748. The summed E-state index contributed by atoms with van der Waals surface area (Å²) >= 11 is 6.26. The van der Waals surface area contributed by atoms with Gasteiger partial charge in [0, 0.05) is 17.1 Å². The Bertz CT molecular complexity index is 1240. The van der Waals surface area contributed by atoms with Crippen molar-refractivity contribution >= 4 is 29.1 Å². The first-order chi connectivity index (χ1) is 17.0. The summed E-state index contributed by atoms with van der Waals surface area (Å²) in [6, 6.07) is 23.0. The van der Waals surface area contributed by atoms with E-state index in [0.29, 0.717) is 41.5 Å². The Morgan fingerprint density at radius 1 is 1.00 bits per heavy atom. The van der Waals surface area contributed by atoms with Gasteiger partial charge < -0.3 is 14.7 Å². The van der Waals surface area contributed by atoms with Gasteiger partial charge in [0.15, 0.2) is 0 Å². The smallest absolute Gasteiger partial charge is 0.295 e. The molecule has 1 amide bonds. The van der Waals surface area contributed by atoms with E-state index in [2.05, 4.69) is 6.92 Å². The topological polar surface area (TPSA) is 66.8 Å². The van der Waals surface area contributed by atoms with Gasteiger partial charge >= 0.3 is 0 Å². The lowest BCUT2D eigenvalue weighted by Gasteiger charge is -2.25. The van der Waals surface area contributed by atoms with Crippen LogP contribution in [0.1, 0.15) is 42.5 Å². The zero-order valence-corrected chi connectivity index (χ0v) is 20.4. The Morgan fingerprint density at radius 3 is 2.51 bits per heavy atom. The van der Waals surface area contributed by atoms with Gasteiger partial charge in [0.05, 0.1) is 18.2 Å². The summed E-state index contributed by atoms with van der Waals surface area (Å²) < 4.78 is 5.77. The number of hydrogen-bond acceptors (Lipinski definition) is 4. The molecule has 1 saturated heterocycles. The van der Waals surface area contributed by atoms with Gasteiger partial charge in [0.1, 0.15) is 11.5 Å². The molecule has 1 heterocycles. The molecule has 1 fully saturated rings. The molecular formula is C29H28ClNO4. The molecule has 0 saturated carbocycles. The van der Waals surface area contributed by atoms with Crippen molar-refractivity contribution in [3.63, 3.8) is 0 Å². The van der Waals surface area contributed by atoms with Crippen LogP contribution in [-0.2, 0) is 16.0 Å². The molecule has 1 N–H and O–H groups in total. The van der Waals surface area contributed by atoms with E-state index in [0.717, 1.165) is 18.4 Å². The van der Waals surface area contributed by atoms with Crippen molar-refractivity contribution in [1.29, 1.82) is 0 Å². The second-order valence-corrected chi connectivity index (χ2v) is 8.95. The zero-order chi connectivity index (χ0) is 24.8. The third-order valence-electron chi connectivity index (χ3n) is 6.06. The van der Waals surface area contributed by atoms with Gasteiger partial charge in [0.2, 0.25) is 0 Å². The van der Waals surface area contributed by atoms with E-state index in [1.165, 1.54) is 4.90 Å². The van der Waals surface area contributed by atoms with Crippen molar-refractivity contribution in [3.05, 3.63) is 106 Å². The minimum Gasteiger partial charge on any atom is -0.507 e. The van der Waals surface area contributed by atoms with Gasteiger partial charge in [-0.2, -0.15) is 0 Å².